The van der Waals surface area contributed by atoms with E-state index >= 15 is 0 Å². The van der Waals surface area contributed by atoms with Crippen LogP contribution in [0.5, 0.6) is 11.5 Å². The van der Waals surface area contributed by atoms with Crippen LogP contribution in [0.4, 0.5) is 0 Å². The number of rotatable bonds is 12. The monoisotopic (exact) mass is 752 g/mol. The van der Waals surface area contributed by atoms with Crippen LogP contribution in [0.1, 0.15) is 24.2 Å². The molecule has 5 aromatic heterocycles. The lowest BCUT2D eigenvalue weighted by molar-refractivity contribution is -0.138. The third-order valence-corrected chi connectivity index (χ3v) is 10.0. The Bertz CT molecular complexity index is 2500. The van der Waals surface area contributed by atoms with Crippen molar-refractivity contribution in [1.82, 2.24) is 28.2 Å². The van der Waals surface area contributed by atoms with Crippen molar-refractivity contribution in [2.24, 2.45) is 0 Å². The zero-order valence-electron chi connectivity index (χ0n) is 29.4. The van der Waals surface area contributed by atoms with Crippen LogP contribution in [0.15, 0.2) is 147 Å². The molecular formula is C42H36N6O6S. The van der Waals surface area contributed by atoms with Crippen LogP contribution >= 0.6 is 11.3 Å². The molecule has 8 aromatic rings. The van der Waals surface area contributed by atoms with E-state index in [1.165, 1.54) is 0 Å². The van der Waals surface area contributed by atoms with Gasteiger partial charge in [0.05, 0.1) is 41.8 Å². The Hall–Kier alpha value is -7.12. The second kappa shape index (κ2) is 16.3. The average Bonchev–Trinajstić information content (AvgIpc) is 4.03. The van der Waals surface area contributed by atoms with Gasteiger partial charge in [-0.3, -0.25) is 14.2 Å². The van der Waals surface area contributed by atoms with E-state index in [1.54, 1.807) is 60.7 Å². The van der Waals surface area contributed by atoms with E-state index in [2.05, 4.69) is 9.97 Å². The molecular weight excluding hydrogens is 717 g/mol. The molecule has 55 heavy (non-hydrogen) atoms. The molecule has 0 aliphatic carbocycles. The highest BCUT2D eigenvalue weighted by molar-refractivity contribution is 7.17. The van der Waals surface area contributed by atoms with Crippen molar-refractivity contribution in [3.8, 4) is 55.4 Å². The summed E-state index contributed by atoms with van der Waals surface area (Å²) in [6, 6.07) is 33.9. The number of nitrogens with zero attached hydrogens (tertiary/aromatic N) is 6. The third-order valence-electron chi connectivity index (χ3n) is 8.90. The zero-order valence-corrected chi connectivity index (χ0v) is 30.2. The largest absolute Gasteiger partial charge is 0.508 e. The molecule has 0 atom stereocenters. The molecule has 0 fully saturated rings. The first-order valence-electron chi connectivity index (χ1n) is 17.3. The summed E-state index contributed by atoms with van der Waals surface area (Å²) in [4.78, 5) is 31.3. The van der Waals surface area contributed by atoms with Crippen LogP contribution in [-0.2, 0) is 22.4 Å². The SMILES string of the molecule is O=C(O)CCc1ccc(-c2ccc(-n3ccnc3)cc2)n1-c1ccc(O)cc1.O=C(O)CCc1ccc(-c2ccc(-n3ccnc3)s2)n1-c1ccc(O)cc1. The molecule has 13 heteroatoms. The number of aromatic hydroxyl groups is 2. The lowest BCUT2D eigenvalue weighted by atomic mass is 10.1. The fourth-order valence-corrected chi connectivity index (χ4v) is 7.23. The first-order valence-corrected chi connectivity index (χ1v) is 18.2. The van der Waals surface area contributed by atoms with Gasteiger partial charge in [0.25, 0.3) is 0 Å². The summed E-state index contributed by atoms with van der Waals surface area (Å²) in [5.41, 5.74) is 7.54. The average molecular weight is 753 g/mol. The first-order chi connectivity index (χ1) is 26.7. The molecule has 0 amide bonds. The zero-order chi connectivity index (χ0) is 38.3. The van der Waals surface area contributed by atoms with E-state index in [-0.39, 0.29) is 24.3 Å². The van der Waals surface area contributed by atoms with Gasteiger partial charge in [-0.2, -0.15) is 0 Å². The Morgan fingerprint density at radius 1 is 0.545 bits per heavy atom. The van der Waals surface area contributed by atoms with Gasteiger partial charge < -0.3 is 34.1 Å². The quantitative estimate of drug-likeness (QED) is 0.0973. The van der Waals surface area contributed by atoms with Crippen molar-refractivity contribution in [1.29, 1.82) is 0 Å². The summed E-state index contributed by atoms with van der Waals surface area (Å²) in [7, 11) is 0. The van der Waals surface area contributed by atoms with Gasteiger partial charge in [-0.05, 0) is 115 Å². The molecule has 3 aromatic carbocycles. The number of hydrogen-bond donors (Lipinski definition) is 4. The minimum atomic E-state index is -0.829. The predicted octanol–water partition coefficient (Wildman–Crippen LogP) is 8.17. The van der Waals surface area contributed by atoms with Crippen LogP contribution in [0.2, 0.25) is 0 Å². The Morgan fingerprint density at radius 2 is 1.04 bits per heavy atom. The molecule has 276 valence electrons. The Morgan fingerprint density at radius 3 is 1.55 bits per heavy atom. The summed E-state index contributed by atoms with van der Waals surface area (Å²) in [6.07, 6.45) is 11.7. The van der Waals surface area contributed by atoms with Crippen LogP contribution in [0.3, 0.4) is 0 Å². The van der Waals surface area contributed by atoms with Crippen LogP contribution < -0.4 is 0 Å². The molecule has 0 aliphatic heterocycles. The molecule has 0 bridgehead atoms. The van der Waals surface area contributed by atoms with Gasteiger partial charge in [0.15, 0.2) is 0 Å². The lowest BCUT2D eigenvalue weighted by Crippen LogP contribution is -2.05. The number of carboxylic acids is 2. The number of aliphatic carboxylic acids is 2. The topological polar surface area (TPSA) is 161 Å². The van der Waals surface area contributed by atoms with Gasteiger partial charge in [0, 0.05) is 53.2 Å². The number of thiophene rings is 1. The summed E-state index contributed by atoms with van der Waals surface area (Å²) < 4.78 is 7.97. The van der Waals surface area contributed by atoms with E-state index in [0.717, 1.165) is 55.3 Å². The predicted molar refractivity (Wildman–Crippen MR) is 210 cm³/mol. The van der Waals surface area contributed by atoms with Crippen molar-refractivity contribution >= 4 is 23.3 Å². The number of carbonyl (C=O) groups is 2. The maximum absolute atomic E-state index is 11.0. The molecule has 8 rings (SSSR count). The number of benzene rings is 3. The lowest BCUT2D eigenvalue weighted by Gasteiger charge is -2.14. The van der Waals surface area contributed by atoms with Crippen LogP contribution in [0.25, 0.3) is 43.9 Å². The van der Waals surface area contributed by atoms with Crippen LogP contribution in [-0.4, -0.2) is 60.6 Å². The second-order valence-electron chi connectivity index (χ2n) is 12.5. The minimum absolute atomic E-state index is 0.0567. The van der Waals surface area contributed by atoms with Gasteiger partial charge in [-0.15, -0.1) is 11.3 Å². The first kappa shape index (κ1) is 36.2. The Labute approximate surface area is 319 Å². The number of imidazole rings is 2. The number of carboxylic acid groups (broad SMARTS) is 2. The number of hydrogen-bond acceptors (Lipinski definition) is 7. The second-order valence-corrected chi connectivity index (χ2v) is 13.6. The van der Waals surface area contributed by atoms with E-state index < -0.39 is 11.9 Å². The Balaban J connectivity index is 0.000000169. The van der Waals surface area contributed by atoms with E-state index in [0.29, 0.717) is 12.8 Å². The maximum atomic E-state index is 11.0. The molecule has 0 saturated heterocycles. The van der Waals surface area contributed by atoms with Crippen molar-refractivity contribution in [3.63, 3.8) is 0 Å². The molecule has 5 heterocycles. The van der Waals surface area contributed by atoms with Crippen molar-refractivity contribution in [2.45, 2.75) is 25.7 Å². The number of aryl methyl sites for hydroxylation is 2. The normalized spacial score (nSPS) is 10.9. The van der Waals surface area contributed by atoms with E-state index in [9.17, 15) is 19.8 Å². The van der Waals surface area contributed by atoms with Crippen molar-refractivity contribution < 1.29 is 30.0 Å². The molecule has 0 aliphatic rings. The molecule has 0 saturated carbocycles. The maximum Gasteiger partial charge on any atom is 0.303 e. The number of phenolic OH excluding ortho intramolecular Hbond substituents is 2. The van der Waals surface area contributed by atoms with Gasteiger partial charge in [-0.1, -0.05) is 12.1 Å². The number of aromatic nitrogens is 6. The standard InChI is InChI=1S/C22H19N3O3.C20H17N3O3S/c26-20-9-5-18(6-10-20)25-19(8-12-22(27)28)7-11-21(25)16-1-3-17(4-2-16)24-14-13-23-15-24;24-16-5-1-14(2-6-16)23-15(4-10-20(25)26)3-7-17(23)18-8-9-19(27-18)22-12-11-21-13-22/h1-7,9-11,13-15,26H,8,12H2,(H,27,28);1-3,5-9,11-13,24H,4,10H2,(H,25,26). The van der Waals surface area contributed by atoms with Crippen molar-refractivity contribution in [2.75, 3.05) is 0 Å². The summed E-state index contributed by atoms with van der Waals surface area (Å²) >= 11 is 1.63. The molecule has 4 N–H and O–H groups in total. The van der Waals surface area contributed by atoms with Crippen LogP contribution in [0, 0.1) is 0 Å². The molecule has 0 spiro atoms. The summed E-state index contributed by atoms with van der Waals surface area (Å²) in [5, 5.41) is 38.4. The van der Waals surface area contributed by atoms with E-state index in [4.69, 9.17) is 10.2 Å². The number of phenols is 2. The smallest absolute Gasteiger partial charge is 0.303 e. The van der Waals surface area contributed by atoms with Gasteiger partial charge >= 0.3 is 11.9 Å². The summed E-state index contributed by atoms with van der Waals surface area (Å²) in [5.74, 6) is -1.27. The highest BCUT2D eigenvalue weighted by Crippen LogP contribution is 2.35. The fraction of sp³-hybridized carbons (Fsp3) is 0.0952. The Kier molecular flexibility index (Phi) is 10.7. The van der Waals surface area contributed by atoms with E-state index in [1.807, 2.05) is 116 Å². The minimum Gasteiger partial charge on any atom is -0.508 e. The molecule has 0 unspecified atom stereocenters. The highest BCUT2D eigenvalue weighted by atomic mass is 32.1. The highest BCUT2D eigenvalue weighted by Gasteiger charge is 2.16. The third kappa shape index (κ3) is 8.42. The fourth-order valence-electron chi connectivity index (χ4n) is 6.26. The molecule has 12 nitrogen and oxygen atoms in total. The summed E-state index contributed by atoms with van der Waals surface area (Å²) in [6.45, 7) is 0. The van der Waals surface area contributed by atoms with Gasteiger partial charge in [-0.25, -0.2) is 9.97 Å². The van der Waals surface area contributed by atoms with Gasteiger partial charge in [0.2, 0.25) is 0 Å². The molecule has 0 radical (unpaired) electrons. The van der Waals surface area contributed by atoms with Crippen molar-refractivity contribution in [3.05, 3.63) is 158 Å². The van der Waals surface area contributed by atoms with Gasteiger partial charge in [0.1, 0.15) is 16.5 Å².